The fraction of sp³-hybridized carbons (Fsp3) is 0.167. The van der Waals surface area contributed by atoms with Crippen molar-refractivity contribution < 1.29 is 18.3 Å². The molecule has 3 rings (SSSR count). The molecule has 0 bridgehead atoms. The van der Waals surface area contributed by atoms with Gasteiger partial charge in [0.25, 0.3) is 5.56 Å². The Balaban J connectivity index is 2.14. The van der Waals surface area contributed by atoms with Crippen molar-refractivity contribution in [3.63, 3.8) is 0 Å². The number of pyridine rings is 1. The largest absolute Gasteiger partial charge is 0.491 e. The zero-order valence-electron chi connectivity index (χ0n) is 15.2. The summed E-state index contributed by atoms with van der Waals surface area (Å²) in [5, 5.41) is 0. The van der Waals surface area contributed by atoms with Crippen LogP contribution in [0.1, 0.15) is 0 Å². The van der Waals surface area contributed by atoms with Gasteiger partial charge in [0.2, 0.25) is 5.95 Å². The maximum atomic E-state index is 14.0. The molecule has 1 N–H and O–H groups in total. The Bertz CT molecular complexity index is 1080. The molecular weight excluding hydrogens is 390 g/mol. The van der Waals surface area contributed by atoms with Gasteiger partial charge < -0.3 is 14.0 Å². The molecule has 146 valence electrons. The average molecular weight is 406 g/mol. The minimum atomic E-state index is -0.865. The van der Waals surface area contributed by atoms with Crippen molar-refractivity contribution in [1.82, 2.24) is 14.5 Å². The van der Waals surface area contributed by atoms with E-state index in [1.165, 1.54) is 42.0 Å². The zero-order chi connectivity index (χ0) is 20.3. The molecule has 0 radical (unpaired) electrons. The number of benzene rings is 1. The van der Waals surface area contributed by atoms with Gasteiger partial charge in [-0.3, -0.25) is 9.52 Å². The van der Waals surface area contributed by atoms with E-state index in [9.17, 15) is 13.6 Å². The number of hydrogen-bond acceptors (Lipinski definition) is 7. The lowest BCUT2D eigenvalue weighted by molar-refractivity contribution is 0.405. The topological polar surface area (TPSA) is 78.3 Å². The summed E-state index contributed by atoms with van der Waals surface area (Å²) in [6.07, 6.45) is 4.71. The molecule has 0 fully saturated rings. The number of nitrogens with zero attached hydrogens (tertiary/aromatic N) is 3. The summed E-state index contributed by atoms with van der Waals surface area (Å²) in [4.78, 5) is 20.6. The summed E-state index contributed by atoms with van der Waals surface area (Å²) in [5.41, 5.74) is 0.460. The Hall–Kier alpha value is -3.14. The molecular formula is C18H16F2N4O3S. The number of rotatable bonds is 6. The number of halogens is 2. The maximum absolute atomic E-state index is 14.0. The van der Waals surface area contributed by atoms with Gasteiger partial charge in [0, 0.05) is 31.1 Å². The van der Waals surface area contributed by atoms with Crippen LogP contribution in [-0.4, -0.2) is 27.9 Å². The van der Waals surface area contributed by atoms with E-state index in [0.29, 0.717) is 17.2 Å². The number of anilines is 1. The van der Waals surface area contributed by atoms with Gasteiger partial charge in [-0.05, 0) is 18.2 Å². The highest BCUT2D eigenvalue weighted by Gasteiger charge is 2.17. The molecule has 1 aromatic carbocycles. The van der Waals surface area contributed by atoms with Crippen LogP contribution < -0.4 is 19.8 Å². The summed E-state index contributed by atoms with van der Waals surface area (Å²) in [6.45, 7) is 0. The van der Waals surface area contributed by atoms with E-state index in [4.69, 9.17) is 9.47 Å². The molecule has 2 heterocycles. The van der Waals surface area contributed by atoms with Crippen molar-refractivity contribution in [1.29, 1.82) is 0 Å². The first-order chi connectivity index (χ1) is 13.4. The van der Waals surface area contributed by atoms with Crippen molar-refractivity contribution in [3.8, 4) is 28.5 Å². The molecule has 0 saturated heterocycles. The highest BCUT2D eigenvalue weighted by molar-refractivity contribution is 7.99. The lowest BCUT2D eigenvalue weighted by Crippen LogP contribution is -2.18. The average Bonchev–Trinajstić information content (AvgIpc) is 2.67. The second kappa shape index (κ2) is 8.26. The lowest BCUT2D eigenvalue weighted by atomic mass is 10.2. The Morgan fingerprint density at radius 1 is 1.18 bits per heavy atom. The van der Waals surface area contributed by atoms with Gasteiger partial charge in [0.05, 0.1) is 13.3 Å². The predicted octanol–water partition coefficient (Wildman–Crippen LogP) is 3.61. The normalized spacial score (nSPS) is 10.6. The van der Waals surface area contributed by atoms with Crippen LogP contribution >= 0.6 is 11.9 Å². The number of aromatic nitrogens is 3. The SMILES string of the molecule is COc1cc(-c2nc(NSC)ncc2Oc2ccc(F)cc2F)cn(C)c1=O. The number of aryl methyl sites for hydroxylation is 1. The van der Waals surface area contributed by atoms with Crippen LogP contribution in [0.2, 0.25) is 0 Å². The summed E-state index contributed by atoms with van der Waals surface area (Å²) in [6, 6.07) is 4.47. The van der Waals surface area contributed by atoms with E-state index in [2.05, 4.69) is 14.7 Å². The van der Waals surface area contributed by atoms with Crippen LogP contribution in [0, 0.1) is 11.6 Å². The molecule has 28 heavy (non-hydrogen) atoms. The summed E-state index contributed by atoms with van der Waals surface area (Å²) in [5.74, 6) is -1.25. The first-order valence-corrected chi connectivity index (χ1v) is 9.19. The molecule has 0 atom stereocenters. The molecule has 0 spiro atoms. The van der Waals surface area contributed by atoms with E-state index in [1.807, 2.05) is 0 Å². The fourth-order valence-corrected chi connectivity index (χ4v) is 2.71. The molecule has 7 nitrogen and oxygen atoms in total. The molecule has 3 aromatic rings. The van der Waals surface area contributed by atoms with Crippen molar-refractivity contribution >= 4 is 17.9 Å². The van der Waals surface area contributed by atoms with Crippen LogP contribution in [0.3, 0.4) is 0 Å². The summed E-state index contributed by atoms with van der Waals surface area (Å²) >= 11 is 1.29. The van der Waals surface area contributed by atoms with Crippen LogP contribution in [0.5, 0.6) is 17.2 Å². The first-order valence-electron chi connectivity index (χ1n) is 7.97. The minimum Gasteiger partial charge on any atom is -0.491 e. The third-order valence-electron chi connectivity index (χ3n) is 3.71. The van der Waals surface area contributed by atoms with Crippen LogP contribution in [0.15, 0.2) is 41.5 Å². The molecule has 10 heteroatoms. The molecule has 2 aromatic heterocycles. The van der Waals surface area contributed by atoms with Crippen molar-refractivity contribution in [2.75, 3.05) is 18.1 Å². The second-order valence-electron chi connectivity index (χ2n) is 5.60. The third-order valence-corrected chi connectivity index (χ3v) is 4.09. The van der Waals surface area contributed by atoms with Gasteiger partial charge in [0.1, 0.15) is 11.5 Å². The smallest absolute Gasteiger partial charge is 0.292 e. The maximum Gasteiger partial charge on any atom is 0.292 e. The highest BCUT2D eigenvalue weighted by Crippen LogP contribution is 2.34. The van der Waals surface area contributed by atoms with E-state index < -0.39 is 11.6 Å². The van der Waals surface area contributed by atoms with Gasteiger partial charge in [-0.1, -0.05) is 11.9 Å². The third kappa shape index (κ3) is 4.06. The van der Waals surface area contributed by atoms with Crippen molar-refractivity contribution in [2.45, 2.75) is 0 Å². The summed E-state index contributed by atoms with van der Waals surface area (Å²) in [7, 11) is 2.95. The van der Waals surface area contributed by atoms with Gasteiger partial charge in [-0.2, -0.15) is 0 Å². The van der Waals surface area contributed by atoms with Gasteiger partial charge in [0.15, 0.2) is 23.1 Å². The van der Waals surface area contributed by atoms with Crippen molar-refractivity contribution in [2.24, 2.45) is 7.05 Å². The second-order valence-corrected chi connectivity index (χ2v) is 6.22. The van der Waals surface area contributed by atoms with E-state index in [-0.39, 0.29) is 22.8 Å². The Kier molecular flexibility index (Phi) is 5.78. The molecule has 0 aliphatic heterocycles. The van der Waals surface area contributed by atoms with E-state index in [0.717, 1.165) is 12.1 Å². The number of nitrogens with one attached hydrogen (secondary N) is 1. The highest BCUT2D eigenvalue weighted by atomic mass is 32.2. The minimum absolute atomic E-state index is 0.108. The Morgan fingerprint density at radius 3 is 2.64 bits per heavy atom. The molecule has 0 saturated carbocycles. The van der Waals surface area contributed by atoms with Gasteiger partial charge in [-0.25, -0.2) is 18.7 Å². The number of methoxy groups -OCH3 is 1. The summed E-state index contributed by atoms with van der Waals surface area (Å²) < 4.78 is 42.1. The van der Waals surface area contributed by atoms with Gasteiger partial charge in [-0.15, -0.1) is 0 Å². The lowest BCUT2D eigenvalue weighted by Gasteiger charge is -2.13. The monoisotopic (exact) mass is 406 g/mol. The van der Waals surface area contributed by atoms with Crippen LogP contribution in [-0.2, 0) is 7.05 Å². The Labute approximate surface area is 163 Å². The zero-order valence-corrected chi connectivity index (χ0v) is 16.0. The van der Waals surface area contributed by atoms with E-state index in [1.54, 1.807) is 19.5 Å². The van der Waals surface area contributed by atoms with Crippen LogP contribution in [0.4, 0.5) is 14.7 Å². The number of hydrogen-bond donors (Lipinski definition) is 1. The van der Waals surface area contributed by atoms with Crippen molar-refractivity contribution in [3.05, 3.63) is 58.6 Å². The predicted molar refractivity (Wildman–Crippen MR) is 103 cm³/mol. The van der Waals surface area contributed by atoms with Crippen LogP contribution in [0.25, 0.3) is 11.3 Å². The fourth-order valence-electron chi connectivity index (χ4n) is 2.43. The standard InChI is InChI=1S/C18H16F2N4O3S/c1-24-9-10(6-14(26-2)17(24)25)16-15(8-21-18(22-16)23-28-3)27-13-5-4-11(19)7-12(13)20/h4-9H,1-3H3,(H,21,22,23). The first kappa shape index (κ1) is 19.6. The number of ether oxygens (including phenoxy) is 2. The molecule has 0 amide bonds. The van der Waals surface area contributed by atoms with E-state index >= 15 is 0 Å². The van der Waals surface area contributed by atoms with Gasteiger partial charge >= 0.3 is 0 Å². The Morgan fingerprint density at radius 2 is 1.96 bits per heavy atom. The molecule has 0 aliphatic rings. The molecule has 0 unspecified atom stereocenters. The molecule has 0 aliphatic carbocycles. The quantitative estimate of drug-likeness (QED) is 0.627.